The average molecular weight is 600 g/mol. The van der Waals surface area contributed by atoms with Crippen molar-refractivity contribution in [2.75, 3.05) is 0 Å². The van der Waals surface area contributed by atoms with Gasteiger partial charge in [0, 0.05) is 5.39 Å². The summed E-state index contributed by atoms with van der Waals surface area (Å²) >= 11 is 3.63. The van der Waals surface area contributed by atoms with Crippen LogP contribution in [0.5, 0.6) is 5.75 Å². The summed E-state index contributed by atoms with van der Waals surface area (Å²) in [5, 5.41) is 8.31. The van der Waals surface area contributed by atoms with Crippen molar-refractivity contribution in [3.8, 4) is 17.3 Å². The summed E-state index contributed by atoms with van der Waals surface area (Å²) in [7, 11) is 0. The monoisotopic (exact) mass is 599 g/mol. The van der Waals surface area contributed by atoms with Gasteiger partial charge in [0.05, 0.1) is 21.6 Å². The van der Waals surface area contributed by atoms with Gasteiger partial charge in [-0.3, -0.25) is 4.79 Å². The van der Waals surface area contributed by atoms with E-state index < -0.39 is 0 Å². The minimum Gasteiger partial charge on any atom is -0.488 e. The highest BCUT2D eigenvalue weighted by Crippen LogP contribution is 2.29. The third-order valence-corrected chi connectivity index (χ3v) is 7.56. The number of nitrogens with zero attached hydrogens (tertiary/aromatic N) is 3. The summed E-state index contributed by atoms with van der Waals surface area (Å²) in [5.74, 6) is 1.50. The molecule has 0 N–H and O–H groups in total. The average Bonchev–Trinajstić information content (AvgIpc) is 3.44. The number of fused-ring (bicyclic) bond motifs is 3. The summed E-state index contributed by atoms with van der Waals surface area (Å²) in [6.45, 7) is 0.437. The molecule has 5 aromatic carbocycles. The normalized spacial score (nSPS) is 11.6. The van der Waals surface area contributed by atoms with Crippen molar-refractivity contribution in [1.29, 1.82) is 0 Å². The number of hydrogen-bond donors (Lipinski definition) is 0. The molecule has 0 aliphatic carbocycles. The third-order valence-electron chi connectivity index (χ3n) is 6.94. The lowest BCUT2D eigenvalue weighted by molar-refractivity contribution is 0.305. The van der Waals surface area contributed by atoms with Crippen molar-refractivity contribution in [3.63, 3.8) is 0 Å². The van der Waals surface area contributed by atoms with E-state index in [4.69, 9.17) is 14.1 Å². The fourth-order valence-electron chi connectivity index (χ4n) is 4.90. The highest BCUT2D eigenvalue weighted by atomic mass is 79.9. The van der Waals surface area contributed by atoms with Gasteiger partial charge in [0.2, 0.25) is 5.82 Å². The topological polar surface area (TPSA) is 69.6 Å². The molecule has 7 rings (SSSR count). The lowest BCUT2D eigenvalue weighted by Gasteiger charge is -2.11. The second-order valence-electron chi connectivity index (χ2n) is 9.58. The molecule has 0 aliphatic heterocycles. The Bertz CT molecular complexity index is 2130. The van der Waals surface area contributed by atoms with Crippen LogP contribution < -0.4 is 10.3 Å². The number of hydrogen-bond acceptors (Lipinski definition) is 5. The van der Waals surface area contributed by atoms with Crippen LogP contribution in [0.4, 0.5) is 0 Å². The Hall–Kier alpha value is -5.01. The molecule has 0 unspecified atom stereocenters. The molecule has 0 spiro atoms. The molecule has 41 heavy (non-hydrogen) atoms. The molecule has 0 saturated heterocycles. The van der Waals surface area contributed by atoms with Crippen molar-refractivity contribution in [2.45, 2.75) is 6.61 Å². The summed E-state index contributed by atoms with van der Waals surface area (Å²) in [4.78, 5) is 18.3. The van der Waals surface area contributed by atoms with Crippen molar-refractivity contribution in [1.82, 2.24) is 9.66 Å². The summed E-state index contributed by atoms with van der Waals surface area (Å²) in [5.41, 5.74) is 2.90. The predicted octanol–water partition coefficient (Wildman–Crippen LogP) is 8.19. The Labute approximate surface area is 243 Å². The Morgan fingerprint density at radius 1 is 0.829 bits per heavy atom. The van der Waals surface area contributed by atoms with E-state index in [1.165, 1.54) is 15.4 Å². The maximum absolute atomic E-state index is 13.5. The molecule has 0 bridgehead atoms. The van der Waals surface area contributed by atoms with E-state index in [1.54, 1.807) is 12.3 Å². The van der Waals surface area contributed by atoms with E-state index in [1.807, 2.05) is 84.9 Å². The van der Waals surface area contributed by atoms with Crippen molar-refractivity contribution >= 4 is 54.8 Å². The molecule has 0 saturated carbocycles. The molecule has 2 heterocycles. The van der Waals surface area contributed by atoms with Crippen LogP contribution in [0.15, 0.2) is 134 Å². The molecule has 0 amide bonds. The van der Waals surface area contributed by atoms with Crippen LogP contribution in [0.25, 0.3) is 44.2 Å². The van der Waals surface area contributed by atoms with Gasteiger partial charge in [0.15, 0.2) is 5.76 Å². The second kappa shape index (κ2) is 10.5. The zero-order chi connectivity index (χ0) is 27.8. The second-order valence-corrected chi connectivity index (χ2v) is 10.4. The number of rotatable bonds is 6. The maximum atomic E-state index is 13.5. The van der Waals surface area contributed by atoms with Gasteiger partial charge in [-0.25, -0.2) is 4.98 Å². The first-order valence-electron chi connectivity index (χ1n) is 13.1. The molecule has 0 aliphatic rings. The SMILES string of the molecule is O=c1c2ccccc2nc(-c2cc3ccccc3o2)n1N=Cc1ccc(OCc2cccc3ccccc23)c(Br)c1. The van der Waals surface area contributed by atoms with Gasteiger partial charge in [-0.05, 0) is 80.3 Å². The van der Waals surface area contributed by atoms with E-state index in [0.29, 0.717) is 40.4 Å². The van der Waals surface area contributed by atoms with E-state index in [9.17, 15) is 4.79 Å². The Kier molecular flexibility index (Phi) is 6.41. The van der Waals surface area contributed by atoms with E-state index in [2.05, 4.69) is 45.3 Å². The molecule has 7 heteroatoms. The fourth-order valence-corrected chi connectivity index (χ4v) is 5.41. The largest absolute Gasteiger partial charge is 0.488 e. The molecule has 0 radical (unpaired) electrons. The smallest absolute Gasteiger partial charge is 0.282 e. The van der Waals surface area contributed by atoms with Crippen LogP contribution >= 0.6 is 15.9 Å². The minimum absolute atomic E-state index is 0.281. The Morgan fingerprint density at radius 2 is 1.59 bits per heavy atom. The van der Waals surface area contributed by atoms with Crippen LogP contribution in [0.2, 0.25) is 0 Å². The van der Waals surface area contributed by atoms with Crippen molar-refractivity contribution in [2.24, 2.45) is 5.10 Å². The molecule has 7 aromatic rings. The molecule has 198 valence electrons. The third kappa shape index (κ3) is 4.81. The summed E-state index contributed by atoms with van der Waals surface area (Å²) in [6.07, 6.45) is 1.63. The van der Waals surface area contributed by atoms with Gasteiger partial charge in [-0.1, -0.05) is 72.8 Å². The van der Waals surface area contributed by atoms with E-state index in [-0.39, 0.29) is 5.56 Å². The Balaban J connectivity index is 1.21. The van der Waals surface area contributed by atoms with E-state index >= 15 is 0 Å². The van der Waals surface area contributed by atoms with Crippen LogP contribution in [0.3, 0.4) is 0 Å². The first-order valence-corrected chi connectivity index (χ1v) is 13.9. The minimum atomic E-state index is -0.281. The van der Waals surface area contributed by atoms with Crippen LogP contribution in [0.1, 0.15) is 11.1 Å². The van der Waals surface area contributed by atoms with Gasteiger partial charge < -0.3 is 9.15 Å². The molecule has 0 fully saturated rings. The zero-order valence-electron chi connectivity index (χ0n) is 21.7. The number of halogens is 1. The molecular formula is C34H22BrN3O3. The quantitative estimate of drug-likeness (QED) is 0.181. The molecule has 0 atom stereocenters. The highest BCUT2D eigenvalue weighted by molar-refractivity contribution is 9.10. The summed E-state index contributed by atoms with van der Waals surface area (Å²) < 4.78 is 14.3. The van der Waals surface area contributed by atoms with Crippen LogP contribution in [-0.2, 0) is 6.61 Å². The van der Waals surface area contributed by atoms with Gasteiger partial charge in [0.25, 0.3) is 5.56 Å². The van der Waals surface area contributed by atoms with Crippen molar-refractivity contribution < 1.29 is 9.15 Å². The highest BCUT2D eigenvalue weighted by Gasteiger charge is 2.16. The first-order chi connectivity index (χ1) is 20.1. The molecule has 2 aromatic heterocycles. The van der Waals surface area contributed by atoms with Gasteiger partial charge in [-0.2, -0.15) is 9.78 Å². The van der Waals surface area contributed by atoms with Crippen LogP contribution in [-0.4, -0.2) is 15.9 Å². The van der Waals surface area contributed by atoms with Gasteiger partial charge in [0.1, 0.15) is 17.9 Å². The molecular weight excluding hydrogens is 578 g/mol. The standard InChI is InChI=1S/C34H22BrN3O3/c35-28-18-22(16-17-31(28)40-21-25-11-7-10-23-8-1-3-12-26(23)25)20-36-38-33(32-19-24-9-2-6-15-30(24)41-32)37-29-14-5-4-13-27(29)34(38)39/h1-20H,21H2. The van der Waals surface area contributed by atoms with Gasteiger partial charge in [-0.15, -0.1) is 0 Å². The summed E-state index contributed by atoms with van der Waals surface area (Å²) in [6, 6.07) is 36.9. The van der Waals surface area contributed by atoms with E-state index in [0.717, 1.165) is 21.0 Å². The van der Waals surface area contributed by atoms with Crippen molar-refractivity contribution in [3.05, 3.63) is 141 Å². The number of ether oxygens (including phenoxy) is 1. The predicted molar refractivity (Wildman–Crippen MR) is 167 cm³/mol. The Morgan fingerprint density at radius 3 is 2.44 bits per heavy atom. The lowest BCUT2D eigenvalue weighted by Crippen LogP contribution is -2.20. The lowest BCUT2D eigenvalue weighted by atomic mass is 10.1. The van der Waals surface area contributed by atoms with Gasteiger partial charge >= 0.3 is 0 Å². The first kappa shape index (κ1) is 25.0. The fraction of sp³-hybridized carbons (Fsp3) is 0.0294. The number of aromatic nitrogens is 2. The zero-order valence-corrected chi connectivity index (χ0v) is 23.3. The van der Waals surface area contributed by atoms with Crippen LogP contribution in [0, 0.1) is 0 Å². The number of furan rings is 1. The number of benzene rings is 5. The molecule has 6 nitrogen and oxygen atoms in total. The number of para-hydroxylation sites is 2. The maximum Gasteiger partial charge on any atom is 0.282 e.